The highest BCUT2D eigenvalue weighted by atomic mass is 19.1. The highest BCUT2D eigenvalue weighted by molar-refractivity contribution is 6.62. The van der Waals surface area contributed by atoms with Gasteiger partial charge in [0.25, 0.3) is 0 Å². The first-order valence-electron chi connectivity index (χ1n) is 8.97. The van der Waals surface area contributed by atoms with Crippen LogP contribution < -0.4 is 5.46 Å². The Morgan fingerprint density at radius 1 is 1.22 bits per heavy atom. The molecule has 0 N–H and O–H groups in total. The average molecular weight is 372 g/mol. The van der Waals surface area contributed by atoms with Crippen LogP contribution in [0, 0.1) is 5.82 Å². The molecule has 2 aliphatic rings. The van der Waals surface area contributed by atoms with Crippen molar-refractivity contribution >= 4 is 18.3 Å². The summed E-state index contributed by atoms with van der Waals surface area (Å²) in [6, 6.07) is 4.98. The Morgan fingerprint density at radius 3 is 2.59 bits per heavy atom. The topological polar surface area (TPSA) is 70.8 Å². The Kier molecular flexibility index (Phi) is 4.31. The summed E-state index contributed by atoms with van der Waals surface area (Å²) >= 11 is 0. The molecule has 7 nitrogen and oxygen atoms in total. The largest absolute Gasteiger partial charge is 0.497 e. The van der Waals surface area contributed by atoms with Crippen LogP contribution in [0.25, 0.3) is 0 Å². The minimum Gasteiger partial charge on any atom is -0.399 e. The van der Waals surface area contributed by atoms with Gasteiger partial charge in [-0.3, -0.25) is 0 Å². The third-order valence-corrected chi connectivity index (χ3v) is 5.44. The van der Waals surface area contributed by atoms with Crippen molar-refractivity contribution in [3.63, 3.8) is 0 Å². The first kappa shape index (κ1) is 18.1. The maximum absolute atomic E-state index is 14.8. The standard InChI is InChI=1S/C18H22BFN4O3/c1-17(2)18(3,4)27-19(26-17)14-6-5-12(9-15(14)20)16-10-13(25-22-16)11-24-8-7-21-23-24/h5-9,13H,10-11H2,1-4H3/t13-/m1/s1. The van der Waals surface area contributed by atoms with E-state index in [0.717, 1.165) is 0 Å². The molecule has 1 fully saturated rings. The van der Waals surface area contributed by atoms with Crippen LogP contribution in [0.5, 0.6) is 0 Å². The lowest BCUT2D eigenvalue weighted by atomic mass is 9.78. The Balaban J connectivity index is 1.47. The zero-order chi connectivity index (χ0) is 19.2. The summed E-state index contributed by atoms with van der Waals surface area (Å²) in [5.41, 5.74) is 0.756. The molecule has 27 heavy (non-hydrogen) atoms. The van der Waals surface area contributed by atoms with Gasteiger partial charge in [-0.1, -0.05) is 22.5 Å². The summed E-state index contributed by atoms with van der Waals surface area (Å²) in [5, 5.41) is 11.8. The number of benzene rings is 1. The average Bonchev–Trinajstić information content (AvgIpc) is 3.29. The van der Waals surface area contributed by atoms with E-state index in [1.807, 2.05) is 33.8 Å². The molecular weight excluding hydrogens is 350 g/mol. The number of halogens is 1. The van der Waals surface area contributed by atoms with Gasteiger partial charge in [0.2, 0.25) is 0 Å². The second kappa shape index (κ2) is 6.42. The zero-order valence-corrected chi connectivity index (χ0v) is 15.8. The fourth-order valence-electron chi connectivity index (χ4n) is 3.10. The Morgan fingerprint density at radius 2 is 1.96 bits per heavy atom. The lowest BCUT2D eigenvalue weighted by molar-refractivity contribution is 0.00578. The summed E-state index contributed by atoms with van der Waals surface area (Å²) < 4.78 is 28.3. The molecule has 0 radical (unpaired) electrons. The van der Waals surface area contributed by atoms with Gasteiger partial charge < -0.3 is 14.1 Å². The maximum atomic E-state index is 14.8. The Labute approximate surface area is 157 Å². The monoisotopic (exact) mass is 372 g/mol. The Hall–Kier alpha value is -2.26. The van der Waals surface area contributed by atoms with Crippen molar-refractivity contribution in [3.8, 4) is 0 Å². The van der Waals surface area contributed by atoms with Crippen molar-refractivity contribution in [2.45, 2.75) is 58.0 Å². The molecule has 0 saturated carbocycles. The lowest BCUT2D eigenvalue weighted by Crippen LogP contribution is -2.41. The summed E-state index contributed by atoms with van der Waals surface area (Å²) in [6.07, 6.45) is 3.81. The molecule has 1 aromatic carbocycles. The molecule has 0 bridgehead atoms. The molecule has 2 aliphatic heterocycles. The molecule has 3 heterocycles. The van der Waals surface area contributed by atoms with E-state index in [1.54, 1.807) is 23.1 Å². The van der Waals surface area contributed by atoms with E-state index in [1.165, 1.54) is 6.07 Å². The number of nitrogens with zero attached hydrogens (tertiary/aromatic N) is 4. The molecule has 0 amide bonds. The second-order valence-corrected chi connectivity index (χ2v) is 7.92. The minimum absolute atomic E-state index is 0.146. The molecule has 1 saturated heterocycles. The van der Waals surface area contributed by atoms with Crippen LogP contribution in [0.3, 0.4) is 0 Å². The second-order valence-electron chi connectivity index (χ2n) is 7.92. The van der Waals surface area contributed by atoms with Gasteiger partial charge in [0.15, 0.2) is 6.10 Å². The summed E-state index contributed by atoms with van der Waals surface area (Å²) in [5.74, 6) is -0.381. The first-order chi connectivity index (χ1) is 12.7. The third-order valence-electron chi connectivity index (χ3n) is 5.44. The molecule has 1 aromatic heterocycles. The molecule has 0 aliphatic carbocycles. The van der Waals surface area contributed by atoms with E-state index in [2.05, 4.69) is 15.5 Å². The SMILES string of the molecule is CC1(C)OB(c2ccc(C3=NO[C@@H](Cn4ccnn4)C3)cc2F)OC1(C)C. The number of rotatable bonds is 4. The van der Waals surface area contributed by atoms with E-state index >= 15 is 0 Å². The Bertz CT molecular complexity index is 853. The quantitative estimate of drug-likeness (QED) is 0.767. The van der Waals surface area contributed by atoms with Crippen LogP contribution in [0.2, 0.25) is 0 Å². The fraction of sp³-hybridized carbons (Fsp3) is 0.500. The highest BCUT2D eigenvalue weighted by Gasteiger charge is 2.52. The highest BCUT2D eigenvalue weighted by Crippen LogP contribution is 2.36. The molecule has 1 atom stereocenters. The van der Waals surface area contributed by atoms with E-state index in [-0.39, 0.29) is 11.9 Å². The zero-order valence-electron chi connectivity index (χ0n) is 15.8. The summed E-state index contributed by atoms with van der Waals surface area (Å²) in [6.45, 7) is 8.32. The molecular formula is C18H22BFN4O3. The maximum Gasteiger partial charge on any atom is 0.497 e. The van der Waals surface area contributed by atoms with Crippen LogP contribution in [0.1, 0.15) is 39.7 Å². The molecule has 142 valence electrons. The van der Waals surface area contributed by atoms with Gasteiger partial charge >= 0.3 is 7.12 Å². The predicted molar refractivity (Wildman–Crippen MR) is 98.2 cm³/mol. The number of aromatic nitrogens is 3. The van der Waals surface area contributed by atoms with E-state index in [4.69, 9.17) is 14.1 Å². The van der Waals surface area contributed by atoms with Gasteiger partial charge in [-0.25, -0.2) is 9.07 Å². The smallest absolute Gasteiger partial charge is 0.399 e. The van der Waals surface area contributed by atoms with Crippen LogP contribution in [-0.2, 0) is 20.7 Å². The van der Waals surface area contributed by atoms with Crippen molar-refractivity contribution in [1.29, 1.82) is 0 Å². The van der Waals surface area contributed by atoms with Crippen molar-refractivity contribution < 1.29 is 18.5 Å². The van der Waals surface area contributed by atoms with Crippen LogP contribution >= 0.6 is 0 Å². The fourth-order valence-corrected chi connectivity index (χ4v) is 3.10. The molecule has 2 aromatic rings. The molecule has 4 rings (SSSR count). The van der Waals surface area contributed by atoms with Crippen LogP contribution in [0.4, 0.5) is 4.39 Å². The summed E-state index contributed by atoms with van der Waals surface area (Å²) in [4.78, 5) is 5.45. The van der Waals surface area contributed by atoms with Crippen molar-refractivity contribution in [1.82, 2.24) is 15.0 Å². The molecule has 9 heteroatoms. The van der Waals surface area contributed by atoms with Crippen molar-refractivity contribution in [2.75, 3.05) is 0 Å². The first-order valence-corrected chi connectivity index (χ1v) is 8.97. The minimum atomic E-state index is -0.731. The number of hydrogen-bond acceptors (Lipinski definition) is 6. The van der Waals surface area contributed by atoms with Gasteiger partial charge in [0, 0.05) is 23.6 Å². The predicted octanol–water partition coefficient (Wildman–Crippen LogP) is 1.91. The number of oxime groups is 1. The third kappa shape index (κ3) is 3.37. The van der Waals surface area contributed by atoms with E-state index in [0.29, 0.717) is 29.7 Å². The number of hydrogen-bond donors (Lipinski definition) is 0. The molecule has 0 spiro atoms. The van der Waals surface area contributed by atoms with Gasteiger partial charge in [-0.15, -0.1) is 5.10 Å². The summed E-state index contributed by atoms with van der Waals surface area (Å²) in [7, 11) is -0.731. The van der Waals surface area contributed by atoms with Gasteiger partial charge in [0.05, 0.1) is 29.7 Å². The van der Waals surface area contributed by atoms with Crippen molar-refractivity contribution in [3.05, 3.63) is 42.0 Å². The molecule has 0 unspecified atom stereocenters. The lowest BCUT2D eigenvalue weighted by Gasteiger charge is -2.32. The van der Waals surface area contributed by atoms with E-state index < -0.39 is 18.3 Å². The van der Waals surface area contributed by atoms with Gasteiger partial charge in [-0.2, -0.15) is 0 Å². The van der Waals surface area contributed by atoms with E-state index in [9.17, 15) is 4.39 Å². The normalized spacial score (nSPS) is 23.4. The van der Waals surface area contributed by atoms with Gasteiger partial charge in [-0.05, 0) is 33.8 Å². The van der Waals surface area contributed by atoms with Crippen LogP contribution in [0.15, 0.2) is 35.7 Å². The van der Waals surface area contributed by atoms with Crippen molar-refractivity contribution in [2.24, 2.45) is 5.16 Å². The van der Waals surface area contributed by atoms with Crippen LogP contribution in [-0.4, -0.2) is 45.1 Å². The van der Waals surface area contributed by atoms with Gasteiger partial charge in [0.1, 0.15) is 5.82 Å².